The van der Waals surface area contributed by atoms with E-state index in [0.717, 1.165) is 5.69 Å². The zero-order valence-corrected chi connectivity index (χ0v) is 9.49. The first kappa shape index (κ1) is 11.6. The molecule has 0 radical (unpaired) electrons. The molecule has 2 N–H and O–H groups in total. The molecule has 0 aliphatic heterocycles. The molecule has 0 saturated heterocycles. The molecule has 0 bridgehead atoms. The summed E-state index contributed by atoms with van der Waals surface area (Å²) in [6.45, 7) is 1.05. The molecule has 1 aromatic rings. The lowest BCUT2D eigenvalue weighted by atomic mass is 10.5. The van der Waals surface area contributed by atoms with Crippen LogP contribution in [0, 0.1) is 0 Å². The fourth-order valence-corrected chi connectivity index (χ4v) is 2.03. The average Bonchev–Trinajstić information content (AvgIpc) is 2.65. The number of nitrogens with one attached hydrogen (secondary N) is 2. The second kappa shape index (κ2) is 5.40. The van der Waals surface area contributed by atoms with E-state index >= 15 is 0 Å². The highest BCUT2D eigenvalue weighted by molar-refractivity contribution is 7.89. The van der Waals surface area contributed by atoms with Gasteiger partial charge < -0.3 is 5.32 Å². The zero-order valence-electron chi connectivity index (χ0n) is 7.86. The summed E-state index contributed by atoms with van der Waals surface area (Å²) in [6, 6.07) is 0. The second-order valence-corrected chi connectivity index (χ2v) is 5.44. The third-order valence-corrected chi connectivity index (χ3v) is 3.65. The summed E-state index contributed by atoms with van der Waals surface area (Å²) in [7, 11) is -1.68. The Morgan fingerprint density at radius 3 is 2.93 bits per heavy atom. The molecule has 0 atom stereocenters. The van der Waals surface area contributed by atoms with E-state index in [4.69, 9.17) is 0 Å². The molecule has 0 amide bonds. The van der Waals surface area contributed by atoms with Crippen molar-refractivity contribution in [2.24, 2.45) is 0 Å². The van der Waals surface area contributed by atoms with Crippen molar-refractivity contribution in [2.75, 3.05) is 19.3 Å². The van der Waals surface area contributed by atoms with Crippen molar-refractivity contribution in [3.8, 4) is 0 Å². The fourth-order valence-electron chi connectivity index (χ4n) is 0.850. The van der Waals surface area contributed by atoms with Crippen LogP contribution in [0.15, 0.2) is 10.9 Å². The Labute approximate surface area is 87.6 Å². The number of hydrogen-bond acceptors (Lipinski definition) is 5. The Kier molecular flexibility index (Phi) is 4.46. The minimum atomic E-state index is -3.09. The van der Waals surface area contributed by atoms with E-state index in [1.54, 1.807) is 5.51 Å². The standard InChI is InChI=1S/C7H13N3O2S2/c1-8-14(11,12)3-2-9-4-7-5-13-6-10-7/h5-6,8-9H,2-4H2,1H3. The van der Waals surface area contributed by atoms with E-state index in [1.165, 1.54) is 18.4 Å². The van der Waals surface area contributed by atoms with Gasteiger partial charge in [-0.05, 0) is 7.05 Å². The van der Waals surface area contributed by atoms with Crippen LogP contribution in [0.2, 0.25) is 0 Å². The van der Waals surface area contributed by atoms with Crippen molar-refractivity contribution in [3.05, 3.63) is 16.6 Å². The lowest BCUT2D eigenvalue weighted by Gasteiger charge is -2.03. The predicted octanol–water partition coefficient (Wildman–Crippen LogP) is -0.218. The van der Waals surface area contributed by atoms with Crippen molar-refractivity contribution in [2.45, 2.75) is 6.54 Å². The van der Waals surface area contributed by atoms with Gasteiger partial charge in [0, 0.05) is 18.5 Å². The Morgan fingerprint density at radius 2 is 2.36 bits per heavy atom. The number of hydrogen-bond donors (Lipinski definition) is 2. The molecule has 1 aromatic heterocycles. The minimum Gasteiger partial charge on any atom is -0.310 e. The van der Waals surface area contributed by atoms with Crippen LogP contribution in [0.4, 0.5) is 0 Å². The van der Waals surface area contributed by atoms with Crippen LogP contribution in [-0.4, -0.2) is 32.7 Å². The normalized spacial score (nSPS) is 11.8. The van der Waals surface area contributed by atoms with E-state index < -0.39 is 10.0 Å². The first-order valence-corrected chi connectivity index (χ1v) is 6.72. The largest absolute Gasteiger partial charge is 0.310 e. The van der Waals surface area contributed by atoms with Crippen molar-refractivity contribution in [1.29, 1.82) is 0 Å². The smallest absolute Gasteiger partial charge is 0.212 e. The average molecular weight is 235 g/mol. The van der Waals surface area contributed by atoms with Crippen molar-refractivity contribution in [3.63, 3.8) is 0 Å². The molecule has 5 nitrogen and oxygen atoms in total. The maximum atomic E-state index is 11.0. The van der Waals surface area contributed by atoms with Crippen LogP contribution in [0.3, 0.4) is 0 Å². The van der Waals surface area contributed by atoms with E-state index in [1.807, 2.05) is 5.38 Å². The first-order chi connectivity index (χ1) is 6.64. The summed E-state index contributed by atoms with van der Waals surface area (Å²) in [5, 5.41) is 4.93. The quantitative estimate of drug-likeness (QED) is 0.669. The molecule has 1 heterocycles. The Morgan fingerprint density at radius 1 is 1.57 bits per heavy atom. The maximum Gasteiger partial charge on any atom is 0.212 e. The molecule has 0 spiro atoms. The van der Waals surface area contributed by atoms with E-state index in [0.29, 0.717) is 13.1 Å². The number of nitrogens with zero attached hydrogens (tertiary/aromatic N) is 1. The van der Waals surface area contributed by atoms with Crippen LogP contribution in [0.25, 0.3) is 0 Å². The summed E-state index contributed by atoms with van der Waals surface area (Å²) in [5.74, 6) is 0.0909. The molecule has 80 valence electrons. The van der Waals surface area contributed by atoms with E-state index in [2.05, 4.69) is 15.0 Å². The molecule has 7 heteroatoms. The molecule has 0 unspecified atom stereocenters. The van der Waals surface area contributed by atoms with Gasteiger partial charge in [0.05, 0.1) is 17.0 Å². The monoisotopic (exact) mass is 235 g/mol. The lowest BCUT2D eigenvalue weighted by molar-refractivity contribution is 0.582. The van der Waals surface area contributed by atoms with E-state index in [9.17, 15) is 8.42 Å². The summed E-state index contributed by atoms with van der Waals surface area (Å²) < 4.78 is 24.2. The van der Waals surface area contributed by atoms with Crippen molar-refractivity contribution < 1.29 is 8.42 Å². The minimum absolute atomic E-state index is 0.0909. The van der Waals surface area contributed by atoms with Gasteiger partial charge in [-0.1, -0.05) is 0 Å². The lowest BCUT2D eigenvalue weighted by Crippen LogP contribution is -2.29. The second-order valence-electron chi connectivity index (χ2n) is 2.68. The highest BCUT2D eigenvalue weighted by Gasteiger charge is 2.05. The van der Waals surface area contributed by atoms with Gasteiger partial charge in [-0.15, -0.1) is 11.3 Å². The van der Waals surface area contributed by atoms with Crippen LogP contribution < -0.4 is 10.0 Å². The summed E-state index contributed by atoms with van der Waals surface area (Å²) in [6.07, 6.45) is 0. The third kappa shape index (κ3) is 4.14. The number of rotatable bonds is 6. The molecule has 14 heavy (non-hydrogen) atoms. The molecule has 0 aliphatic rings. The van der Waals surface area contributed by atoms with Crippen molar-refractivity contribution in [1.82, 2.24) is 15.0 Å². The van der Waals surface area contributed by atoms with E-state index in [-0.39, 0.29) is 5.75 Å². The molecule has 0 fully saturated rings. The topological polar surface area (TPSA) is 71.1 Å². The fraction of sp³-hybridized carbons (Fsp3) is 0.571. The van der Waals surface area contributed by atoms with Gasteiger partial charge in [-0.25, -0.2) is 18.1 Å². The summed E-state index contributed by atoms with van der Waals surface area (Å²) in [4.78, 5) is 4.06. The van der Waals surface area contributed by atoms with Crippen molar-refractivity contribution >= 4 is 21.4 Å². The molecule has 0 saturated carbocycles. The Bertz CT molecular complexity index is 347. The zero-order chi connectivity index (χ0) is 10.4. The van der Waals surface area contributed by atoms with Gasteiger partial charge in [0.15, 0.2) is 0 Å². The van der Waals surface area contributed by atoms with Gasteiger partial charge in [0.2, 0.25) is 10.0 Å². The molecule has 0 aromatic carbocycles. The number of thiazole rings is 1. The molecular weight excluding hydrogens is 222 g/mol. The third-order valence-electron chi connectivity index (χ3n) is 1.65. The van der Waals surface area contributed by atoms with Gasteiger partial charge in [0.25, 0.3) is 0 Å². The predicted molar refractivity (Wildman–Crippen MR) is 56.7 cm³/mol. The van der Waals surface area contributed by atoms with Crippen LogP contribution >= 0.6 is 11.3 Å². The first-order valence-electron chi connectivity index (χ1n) is 4.13. The molecule has 1 rings (SSSR count). The summed E-state index contributed by atoms with van der Waals surface area (Å²) in [5.41, 5.74) is 2.69. The van der Waals surface area contributed by atoms with Crippen LogP contribution in [0.1, 0.15) is 5.69 Å². The number of aromatic nitrogens is 1. The van der Waals surface area contributed by atoms with Gasteiger partial charge in [-0.2, -0.15) is 0 Å². The maximum absolute atomic E-state index is 11.0. The van der Waals surface area contributed by atoms with Gasteiger partial charge in [0.1, 0.15) is 0 Å². The Hall–Kier alpha value is -0.500. The van der Waals surface area contributed by atoms with Gasteiger partial charge in [-0.3, -0.25) is 0 Å². The Balaban J connectivity index is 2.17. The molecular formula is C7H13N3O2S2. The SMILES string of the molecule is CNS(=O)(=O)CCNCc1cscn1. The van der Waals surface area contributed by atoms with Crippen LogP contribution in [0.5, 0.6) is 0 Å². The number of sulfonamides is 1. The van der Waals surface area contributed by atoms with Crippen LogP contribution in [-0.2, 0) is 16.6 Å². The highest BCUT2D eigenvalue weighted by atomic mass is 32.2. The van der Waals surface area contributed by atoms with Gasteiger partial charge >= 0.3 is 0 Å². The summed E-state index contributed by atoms with van der Waals surface area (Å²) >= 11 is 1.53. The molecule has 0 aliphatic carbocycles. The highest BCUT2D eigenvalue weighted by Crippen LogP contribution is 1.99.